The number of aromatic hydroxyl groups is 2. The minimum absolute atomic E-state index is 0.130. The van der Waals surface area contributed by atoms with Crippen LogP contribution >= 0.6 is 23.2 Å². The molecule has 0 heterocycles. The van der Waals surface area contributed by atoms with Gasteiger partial charge < -0.3 is 10.2 Å². The van der Waals surface area contributed by atoms with Crippen LogP contribution in [0.5, 0.6) is 11.5 Å². The van der Waals surface area contributed by atoms with E-state index >= 15 is 0 Å². The van der Waals surface area contributed by atoms with Crippen molar-refractivity contribution in [2.75, 3.05) is 0 Å². The van der Waals surface area contributed by atoms with Crippen molar-refractivity contribution < 1.29 is 27.0 Å². The van der Waals surface area contributed by atoms with Crippen LogP contribution in [0.15, 0.2) is 46.2 Å². The van der Waals surface area contributed by atoms with E-state index in [4.69, 9.17) is 23.2 Å². The second kappa shape index (κ2) is 8.89. The van der Waals surface area contributed by atoms with Crippen LogP contribution in [0.2, 0.25) is 10.0 Å². The maximum atomic E-state index is 12.8. The summed E-state index contributed by atoms with van der Waals surface area (Å²) in [7, 11) is -8.34. The SMILES string of the molecule is O=S(=O)(N[C@@H]1CCCC[C@H]1NS(=O)(=O)c1cc(Cl)ccc1O)c1cc(Cl)ccc1O. The van der Waals surface area contributed by atoms with Gasteiger partial charge in [-0.3, -0.25) is 0 Å². The summed E-state index contributed by atoms with van der Waals surface area (Å²) in [4.78, 5) is -0.788. The van der Waals surface area contributed by atoms with Gasteiger partial charge in [0, 0.05) is 22.1 Å². The zero-order valence-corrected chi connectivity index (χ0v) is 18.7. The monoisotopic (exact) mass is 494 g/mol. The van der Waals surface area contributed by atoms with Gasteiger partial charge in [-0.2, -0.15) is 0 Å². The zero-order valence-electron chi connectivity index (χ0n) is 15.5. The van der Waals surface area contributed by atoms with Crippen molar-refractivity contribution in [2.45, 2.75) is 47.6 Å². The fourth-order valence-corrected chi connectivity index (χ4v) is 6.68. The lowest BCUT2D eigenvalue weighted by Gasteiger charge is -2.32. The van der Waals surface area contributed by atoms with Gasteiger partial charge in [0.05, 0.1) is 0 Å². The molecule has 0 saturated heterocycles. The third kappa shape index (κ3) is 5.19. The van der Waals surface area contributed by atoms with Crippen LogP contribution < -0.4 is 9.44 Å². The first-order valence-corrected chi connectivity index (χ1v) is 12.7. The standard InChI is InChI=1S/C18H20Cl2N2O6S2/c19-11-5-7-15(23)17(9-11)29(25,26)21-13-3-1-2-4-14(13)22-30(27,28)18-10-12(20)6-8-16(18)24/h5-10,13-14,21-24H,1-4H2/t13-,14-/m1/s1. The number of phenolic OH excluding ortho intramolecular Hbond substituents is 2. The van der Waals surface area contributed by atoms with Crippen LogP contribution in [-0.4, -0.2) is 39.1 Å². The Kier molecular flexibility index (Phi) is 6.85. The molecule has 0 unspecified atom stereocenters. The van der Waals surface area contributed by atoms with E-state index in [0.29, 0.717) is 25.7 Å². The molecule has 0 aliphatic heterocycles. The number of hydrogen-bond acceptors (Lipinski definition) is 6. The minimum atomic E-state index is -4.17. The Morgan fingerprint density at radius 3 is 1.47 bits per heavy atom. The lowest BCUT2D eigenvalue weighted by atomic mass is 9.92. The van der Waals surface area contributed by atoms with Crippen LogP contribution in [0.1, 0.15) is 25.7 Å². The molecular weight excluding hydrogens is 475 g/mol. The first-order valence-electron chi connectivity index (χ1n) is 9.01. The molecule has 2 atom stereocenters. The molecule has 0 spiro atoms. The number of phenols is 2. The van der Waals surface area contributed by atoms with E-state index in [1.54, 1.807) is 0 Å². The largest absolute Gasteiger partial charge is 0.507 e. The molecule has 0 radical (unpaired) electrons. The Bertz CT molecular complexity index is 1060. The molecular formula is C18H20Cl2N2O6S2. The lowest BCUT2D eigenvalue weighted by Crippen LogP contribution is -2.53. The second-order valence-corrected chi connectivity index (χ2v) is 11.2. The molecule has 0 aromatic heterocycles. The van der Waals surface area contributed by atoms with Gasteiger partial charge in [0.1, 0.15) is 21.3 Å². The molecule has 0 bridgehead atoms. The summed E-state index contributed by atoms with van der Waals surface area (Å²) in [5.41, 5.74) is 0. The van der Waals surface area contributed by atoms with E-state index in [0.717, 1.165) is 12.1 Å². The van der Waals surface area contributed by atoms with Crippen molar-refractivity contribution in [3.05, 3.63) is 46.4 Å². The van der Waals surface area contributed by atoms with Gasteiger partial charge in [-0.15, -0.1) is 0 Å². The van der Waals surface area contributed by atoms with E-state index in [2.05, 4.69) is 9.44 Å². The van der Waals surface area contributed by atoms with Crippen molar-refractivity contribution in [1.82, 2.24) is 9.44 Å². The molecule has 3 rings (SSSR count). The van der Waals surface area contributed by atoms with Gasteiger partial charge in [-0.05, 0) is 49.2 Å². The van der Waals surface area contributed by atoms with E-state index in [1.165, 1.54) is 24.3 Å². The third-order valence-electron chi connectivity index (χ3n) is 4.80. The van der Waals surface area contributed by atoms with Gasteiger partial charge in [0.15, 0.2) is 0 Å². The molecule has 2 aromatic rings. The Morgan fingerprint density at radius 2 is 1.10 bits per heavy atom. The quantitative estimate of drug-likeness (QED) is 0.487. The molecule has 164 valence electrons. The predicted octanol–water partition coefficient (Wildman–Crippen LogP) is 2.97. The van der Waals surface area contributed by atoms with E-state index < -0.39 is 53.4 Å². The topological polar surface area (TPSA) is 133 Å². The fourth-order valence-electron chi connectivity index (χ4n) is 3.34. The molecule has 0 amide bonds. The smallest absolute Gasteiger partial charge is 0.244 e. The molecule has 2 aromatic carbocycles. The summed E-state index contributed by atoms with van der Waals surface area (Å²) in [5, 5.41) is 20.1. The third-order valence-corrected chi connectivity index (χ3v) is 8.31. The summed E-state index contributed by atoms with van der Waals surface area (Å²) in [6, 6.07) is 5.74. The molecule has 12 heteroatoms. The van der Waals surface area contributed by atoms with Crippen molar-refractivity contribution in [3.63, 3.8) is 0 Å². The molecule has 8 nitrogen and oxygen atoms in total. The Morgan fingerprint density at radius 1 is 0.733 bits per heavy atom. The number of benzene rings is 2. The fraction of sp³-hybridized carbons (Fsp3) is 0.333. The Hall–Kier alpha value is -1.56. The summed E-state index contributed by atoms with van der Waals surface area (Å²) < 4.78 is 56.1. The molecule has 1 aliphatic rings. The normalized spacial score (nSPS) is 20.2. The van der Waals surface area contributed by atoms with Gasteiger partial charge in [-0.25, -0.2) is 26.3 Å². The van der Waals surface area contributed by atoms with Gasteiger partial charge in [0.25, 0.3) is 0 Å². The van der Waals surface area contributed by atoms with Gasteiger partial charge in [-0.1, -0.05) is 36.0 Å². The first kappa shape index (κ1) is 23.1. The molecule has 1 fully saturated rings. The predicted molar refractivity (Wildman–Crippen MR) is 113 cm³/mol. The van der Waals surface area contributed by atoms with Crippen LogP contribution in [0.25, 0.3) is 0 Å². The minimum Gasteiger partial charge on any atom is -0.507 e. The van der Waals surface area contributed by atoms with E-state index in [9.17, 15) is 27.0 Å². The number of halogens is 2. The number of hydrogen-bond donors (Lipinski definition) is 4. The van der Waals surface area contributed by atoms with Crippen molar-refractivity contribution in [2.24, 2.45) is 0 Å². The Balaban J connectivity index is 1.86. The molecule has 1 aliphatic carbocycles. The average molecular weight is 495 g/mol. The zero-order chi connectivity index (χ0) is 22.1. The van der Waals surface area contributed by atoms with Gasteiger partial charge in [0.2, 0.25) is 20.0 Å². The summed E-state index contributed by atoms with van der Waals surface area (Å²) >= 11 is 11.7. The van der Waals surface area contributed by atoms with Crippen LogP contribution in [0.3, 0.4) is 0 Å². The average Bonchev–Trinajstić information content (AvgIpc) is 2.66. The molecule has 4 N–H and O–H groups in total. The first-order chi connectivity index (χ1) is 14.0. The lowest BCUT2D eigenvalue weighted by molar-refractivity contribution is 0.339. The van der Waals surface area contributed by atoms with Gasteiger partial charge >= 0.3 is 0 Å². The van der Waals surface area contributed by atoms with E-state index in [-0.39, 0.29) is 10.0 Å². The number of rotatable bonds is 6. The number of nitrogens with one attached hydrogen (secondary N) is 2. The van der Waals surface area contributed by atoms with Crippen LogP contribution in [-0.2, 0) is 20.0 Å². The maximum Gasteiger partial charge on any atom is 0.244 e. The number of sulfonamides is 2. The highest BCUT2D eigenvalue weighted by Gasteiger charge is 2.34. The van der Waals surface area contributed by atoms with Crippen molar-refractivity contribution >= 4 is 43.2 Å². The maximum absolute atomic E-state index is 12.8. The summed E-state index contributed by atoms with van der Waals surface area (Å²) in [6.07, 6.45) is 2.15. The Labute approximate surface area is 184 Å². The van der Waals surface area contributed by atoms with E-state index in [1.807, 2.05) is 0 Å². The molecule has 1 saturated carbocycles. The second-order valence-electron chi connectivity index (χ2n) is 6.96. The van der Waals surface area contributed by atoms with Crippen LogP contribution in [0, 0.1) is 0 Å². The highest BCUT2D eigenvalue weighted by Crippen LogP contribution is 2.30. The highest BCUT2D eigenvalue weighted by atomic mass is 35.5. The van der Waals surface area contributed by atoms with Crippen LogP contribution in [0.4, 0.5) is 0 Å². The summed E-state index contributed by atoms with van der Waals surface area (Å²) in [5.74, 6) is -0.938. The molecule has 30 heavy (non-hydrogen) atoms. The van der Waals surface area contributed by atoms with Crippen molar-refractivity contribution in [1.29, 1.82) is 0 Å². The highest BCUT2D eigenvalue weighted by molar-refractivity contribution is 7.90. The van der Waals surface area contributed by atoms with Crippen molar-refractivity contribution in [3.8, 4) is 11.5 Å². The summed E-state index contributed by atoms with van der Waals surface area (Å²) in [6.45, 7) is 0.